The molecule has 0 spiro atoms. The number of benzene rings is 2. The van der Waals surface area contributed by atoms with E-state index in [9.17, 15) is 5.11 Å². The molecular weight excluding hydrogens is 466 g/mol. The van der Waals surface area contributed by atoms with E-state index in [1.54, 1.807) is 14.2 Å². The fourth-order valence-corrected chi connectivity index (χ4v) is 5.70. The number of hydrogen-bond donors (Lipinski definition) is 1. The van der Waals surface area contributed by atoms with Crippen LogP contribution in [0.5, 0.6) is 11.5 Å². The summed E-state index contributed by atoms with van der Waals surface area (Å²) in [6.07, 6.45) is 4.88. The van der Waals surface area contributed by atoms with E-state index in [2.05, 4.69) is 49.1 Å². The van der Waals surface area contributed by atoms with Crippen molar-refractivity contribution in [3.05, 3.63) is 53.6 Å². The van der Waals surface area contributed by atoms with Crippen LogP contribution in [-0.4, -0.2) is 57.8 Å². The predicted octanol–water partition coefficient (Wildman–Crippen LogP) is 5.81. The Morgan fingerprint density at radius 2 is 1.89 bits per heavy atom. The van der Waals surface area contributed by atoms with Crippen LogP contribution < -0.4 is 14.4 Å². The number of ether oxygens (including phenoxy) is 4. The first-order valence-electron chi connectivity index (χ1n) is 13.9. The van der Waals surface area contributed by atoms with Crippen molar-refractivity contribution in [1.29, 1.82) is 0 Å². The van der Waals surface area contributed by atoms with Gasteiger partial charge in [0.05, 0.1) is 38.2 Å². The van der Waals surface area contributed by atoms with Crippen molar-refractivity contribution in [2.75, 3.05) is 45.4 Å². The highest BCUT2D eigenvalue weighted by Gasteiger charge is 2.33. The van der Waals surface area contributed by atoms with Crippen molar-refractivity contribution in [1.82, 2.24) is 0 Å². The second kappa shape index (κ2) is 13.5. The summed E-state index contributed by atoms with van der Waals surface area (Å²) in [5.74, 6) is 2.92. The summed E-state index contributed by atoms with van der Waals surface area (Å²) in [5, 5.41) is 10.5. The predicted molar refractivity (Wildman–Crippen MR) is 148 cm³/mol. The van der Waals surface area contributed by atoms with E-state index >= 15 is 0 Å². The highest BCUT2D eigenvalue weighted by atomic mass is 16.5. The minimum Gasteiger partial charge on any atom is -0.497 e. The Kier molecular flexibility index (Phi) is 10.1. The highest BCUT2D eigenvalue weighted by Crippen LogP contribution is 2.41. The summed E-state index contributed by atoms with van der Waals surface area (Å²) in [5.41, 5.74) is 3.62. The maximum atomic E-state index is 10.5. The molecule has 37 heavy (non-hydrogen) atoms. The molecule has 1 fully saturated rings. The van der Waals surface area contributed by atoms with Crippen LogP contribution in [0.1, 0.15) is 63.0 Å². The second-order valence-electron chi connectivity index (χ2n) is 10.9. The molecule has 0 unspecified atom stereocenters. The molecule has 1 heterocycles. The fourth-order valence-electron chi connectivity index (χ4n) is 5.70. The molecule has 4 rings (SSSR count). The van der Waals surface area contributed by atoms with E-state index in [1.165, 1.54) is 11.1 Å². The fraction of sp³-hybridized carbons (Fsp3) is 0.613. The lowest BCUT2D eigenvalue weighted by Crippen LogP contribution is -2.34. The summed E-state index contributed by atoms with van der Waals surface area (Å²) in [4.78, 5) is 2.40. The number of rotatable bonds is 12. The molecule has 1 saturated carbocycles. The van der Waals surface area contributed by atoms with Crippen LogP contribution in [0.25, 0.3) is 0 Å². The van der Waals surface area contributed by atoms with Gasteiger partial charge in [0.15, 0.2) is 0 Å². The van der Waals surface area contributed by atoms with E-state index in [0.717, 1.165) is 69.0 Å². The normalized spacial score (nSPS) is 22.4. The first-order chi connectivity index (χ1) is 18.0. The highest BCUT2D eigenvalue weighted by molar-refractivity contribution is 5.61. The van der Waals surface area contributed by atoms with Gasteiger partial charge >= 0.3 is 0 Å². The molecule has 0 aromatic heterocycles. The second-order valence-corrected chi connectivity index (χ2v) is 10.9. The van der Waals surface area contributed by atoms with Crippen LogP contribution >= 0.6 is 0 Å². The summed E-state index contributed by atoms with van der Waals surface area (Å²) >= 11 is 0. The van der Waals surface area contributed by atoms with E-state index in [0.29, 0.717) is 25.0 Å². The molecule has 6 heteroatoms. The van der Waals surface area contributed by atoms with Crippen molar-refractivity contribution in [3.8, 4) is 11.5 Å². The van der Waals surface area contributed by atoms with Gasteiger partial charge in [-0.2, -0.15) is 0 Å². The Balaban J connectivity index is 1.45. The number of fused-ring (bicyclic) bond motifs is 1. The third-order valence-corrected chi connectivity index (χ3v) is 8.01. The van der Waals surface area contributed by atoms with E-state index < -0.39 is 0 Å². The Labute approximate surface area is 222 Å². The average Bonchev–Trinajstić information content (AvgIpc) is 2.92. The zero-order valence-electron chi connectivity index (χ0n) is 23.0. The minimum atomic E-state index is -0.247. The van der Waals surface area contributed by atoms with Crippen LogP contribution in [0.15, 0.2) is 42.5 Å². The van der Waals surface area contributed by atoms with Crippen molar-refractivity contribution in [2.24, 2.45) is 11.8 Å². The van der Waals surface area contributed by atoms with Crippen LogP contribution in [-0.2, 0) is 16.1 Å². The topological polar surface area (TPSA) is 60.4 Å². The summed E-state index contributed by atoms with van der Waals surface area (Å²) in [6.45, 7) is 8.11. The maximum Gasteiger partial charge on any atom is 0.142 e. The van der Waals surface area contributed by atoms with E-state index in [-0.39, 0.29) is 18.1 Å². The van der Waals surface area contributed by atoms with Gasteiger partial charge in [0.2, 0.25) is 0 Å². The summed E-state index contributed by atoms with van der Waals surface area (Å²) in [6, 6.07) is 14.9. The quantitative estimate of drug-likeness (QED) is 0.363. The van der Waals surface area contributed by atoms with Crippen molar-refractivity contribution >= 4 is 5.69 Å². The van der Waals surface area contributed by atoms with Gasteiger partial charge in [-0.15, -0.1) is 0 Å². The Morgan fingerprint density at radius 3 is 2.62 bits per heavy atom. The third-order valence-electron chi connectivity index (χ3n) is 8.01. The molecule has 0 radical (unpaired) electrons. The number of hydrogen-bond acceptors (Lipinski definition) is 6. The van der Waals surface area contributed by atoms with Gasteiger partial charge in [-0.1, -0.05) is 32.0 Å². The van der Waals surface area contributed by atoms with Gasteiger partial charge in [-0.25, -0.2) is 0 Å². The van der Waals surface area contributed by atoms with Crippen LogP contribution in [0.4, 0.5) is 5.69 Å². The van der Waals surface area contributed by atoms with Crippen LogP contribution in [0.2, 0.25) is 0 Å². The molecule has 1 aliphatic heterocycles. The monoisotopic (exact) mass is 511 g/mol. The molecular formula is C31H45NO5. The number of anilines is 1. The van der Waals surface area contributed by atoms with Crippen molar-refractivity contribution in [3.63, 3.8) is 0 Å². The SMILES string of the molecule is COCCCN1CCOc2ccc(CO[C@H]3CC[C@@H](C[C@H](O)C(C)C)C[C@@H]3c3ccc(OC)cc3)cc21. The first-order valence-corrected chi connectivity index (χ1v) is 13.9. The Hall–Kier alpha value is -2.28. The van der Waals surface area contributed by atoms with Gasteiger partial charge in [0.1, 0.15) is 18.1 Å². The van der Waals surface area contributed by atoms with Gasteiger partial charge in [-0.05, 0) is 79.3 Å². The van der Waals surface area contributed by atoms with Gasteiger partial charge in [0, 0.05) is 26.2 Å². The molecule has 0 bridgehead atoms. The first kappa shape index (κ1) is 27.7. The molecule has 204 valence electrons. The molecule has 6 nitrogen and oxygen atoms in total. The molecule has 2 aromatic rings. The van der Waals surface area contributed by atoms with Gasteiger partial charge in [-0.3, -0.25) is 0 Å². The zero-order valence-corrected chi connectivity index (χ0v) is 23.0. The van der Waals surface area contributed by atoms with E-state index in [1.807, 2.05) is 12.1 Å². The van der Waals surface area contributed by atoms with Gasteiger partial charge in [0.25, 0.3) is 0 Å². The summed E-state index contributed by atoms with van der Waals surface area (Å²) < 4.78 is 23.2. The smallest absolute Gasteiger partial charge is 0.142 e. The van der Waals surface area contributed by atoms with Crippen molar-refractivity contribution < 1.29 is 24.1 Å². The number of methoxy groups -OCH3 is 2. The maximum absolute atomic E-state index is 10.5. The van der Waals surface area contributed by atoms with Crippen LogP contribution in [0, 0.1) is 11.8 Å². The third kappa shape index (κ3) is 7.40. The summed E-state index contributed by atoms with van der Waals surface area (Å²) in [7, 11) is 3.45. The number of aliphatic hydroxyl groups is 1. The minimum absolute atomic E-state index is 0.144. The molecule has 4 atom stereocenters. The Bertz CT molecular complexity index is 963. The lowest BCUT2D eigenvalue weighted by molar-refractivity contribution is -0.0163. The average molecular weight is 512 g/mol. The van der Waals surface area contributed by atoms with Crippen molar-refractivity contribution in [2.45, 2.75) is 70.7 Å². The Morgan fingerprint density at radius 1 is 1.08 bits per heavy atom. The van der Waals surface area contributed by atoms with E-state index in [4.69, 9.17) is 18.9 Å². The number of aliphatic hydroxyl groups excluding tert-OH is 1. The standard InChI is InChI=1S/C31H45NO5/c1-22(2)29(33)20-23-6-12-30(27(18-23)25-8-10-26(35-4)11-9-25)37-21-24-7-13-31-28(19-24)32(15-17-36-31)14-5-16-34-3/h7-11,13,19,22-23,27,29-30,33H,5-6,12,14-18,20-21H2,1-4H3/t23-,27-,29+,30+/m1/s1. The van der Waals surface area contributed by atoms with Crippen LogP contribution in [0.3, 0.4) is 0 Å². The number of nitrogens with zero attached hydrogens (tertiary/aromatic N) is 1. The molecule has 1 aliphatic carbocycles. The zero-order chi connectivity index (χ0) is 26.2. The molecule has 1 N–H and O–H groups in total. The molecule has 0 saturated heterocycles. The molecule has 2 aromatic carbocycles. The molecule has 2 aliphatic rings. The molecule has 0 amide bonds. The lowest BCUT2D eigenvalue weighted by atomic mass is 9.73. The van der Waals surface area contributed by atoms with Gasteiger partial charge < -0.3 is 29.0 Å². The lowest BCUT2D eigenvalue weighted by Gasteiger charge is -2.38. The largest absolute Gasteiger partial charge is 0.497 e.